The maximum Gasteiger partial charge on any atom is 0.428 e. The Bertz CT molecular complexity index is 1100. The number of carbonyl (C=O) groups is 3. The van der Waals surface area contributed by atoms with E-state index in [1.807, 2.05) is 13.0 Å². The zero-order chi connectivity index (χ0) is 23.2. The number of nitrogens with zero attached hydrogens (tertiary/aromatic N) is 1. The van der Waals surface area contributed by atoms with E-state index < -0.39 is 34.1 Å². The number of nitrogens with one attached hydrogen (secondary N) is 2. The van der Waals surface area contributed by atoms with Crippen molar-refractivity contribution in [3.63, 3.8) is 0 Å². The minimum atomic E-state index is -1.29. The van der Waals surface area contributed by atoms with Gasteiger partial charge in [-0.05, 0) is 48.4 Å². The van der Waals surface area contributed by atoms with Crippen molar-refractivity contribution in [2.75, 3.05) is 18.5 Å². The van der Waals surface area contributed by atoms with E-state index in [0.29, 0.717) is 10.7 Å². The summed E-state index contributed by atoms with van der Waals surface area (Å²) in [7, 11) is 0. The molecule has 3 amide bonds. The topological polar surface area (TPSA) is 87.7 Å². The van der Waals surface area contributed by atoms with Crippen molar-refractivity contribution in [1.29, 1.82) is 0 Å². The molecule has 2 aromatic carbocycles. The lowest BCUT2D eigenvalue weighted by atomic mass is 10.1. The third-order valence-corrected chi connectivity index (χ3v) is 6.72. The minimum Gasteiger partial charge on any atom is -0.446 e. The number of ether oxygens (including phenoxy) is 1. The fourth-order valence-corrected chi connectivity index (χ4v) is 5.02. The zero-order valence-corrected chi connectivity index (χ0v) is 19.6. The summed E-state index contributed by atoms with van der Waals surface area (Å²) in [6.45, 7) is 2.29. The monoisotopic (exact) mass is 515 g/mol. The summed E-state index contributed by atoms with van der Waals surface area (Å²) < 4.78 is 3.48. The third kappa shape index (κ3) is 4.48. The average molecular weight is 517 g/mol. The molecule has 1 heterocycles. The van der Waals surface area contributed by atoms with Gasteiger partial charge in [-0.3, -0.25) is 15.0 Å². The van der Waals surface area contributed by atoms with E-state index in [4.69, 9.17) is 51.1 Å². The van der Waals surface area contributed by atoms with E-state index in [9.17, 15) is 14.4 Å². The Kier molecular flexibility index (Phi) is 6.20. The highest BCUT2D eigenvalue weighted by Crippen LogP contribution is 2.65. The summed E-state index contributed by atoms with van der Waals surface area (Å²) in [6.07, 6.45) is -0.657. The second-order valence-electron chi connectivity index (χ2n) is 7.58. The molecule has 2 aliphatic rings. The molecule has 32 heavy (non-hydrogen) atoms. The molecule has 0 radical (unpaired) electrons. The summed E-state index contributed by atoms with van der Waals surface area (Å²) in [5.41, 5.74) is 4.52. The molecule has 1 saturated carbocycles. The van der Waals surface area contributed by atoms with Gasteiger partial charge in [0.2, 0.25) is 5.91 Å². The van der Waals surface area contributed by atoms with Crippen LogP contribution in [0, 0.1) is 12.8 Å². The molecule has 11 heteroatoms. The van der Waals surface area contributed by atoms with E-state index in [0.717, 1.165) is 16.1 Å². The Morgan fingerprint density at radius 2 is 1.91 bits per heavy atom. The van der Waals surface area contributed by atoms with E-state index in [1.54, 1.807) is 18.2 Å². The Morgan fingerprint density at radius 3 is 2.56 bits per heavy atom. The van der Waals surface area contributed by atoms with Gasteiger partial charge in [0.15, 0.2) is 0 Å². The first kappa shape index (κ1) is 23.0. The van der Waals surface area contributed by atoms with Crippen molar-refractivity contribution in [3.8, 4) is 0 Å². The Morgan fingerprint density at radius 1 is 1.16 bits per heavy atom. The van der Waals surface area contributed by atoms with Crippen LogP contribution >= 0.6 is 46.4 Å². The summed E-state index contributed by atoms with van der Waals surface area (Å²) in [6, 6.07) is 9.84. The van der Waals surface area contributed by atoms with Crippen molar-refractivity contribution in [1.82, 2.24) is 10.4 Å². The summed E-state index contributed by atoms with van der Waals surface area (Å²) in [5.74, 6) is -2.17. The van der Waals surface area contributed by atoms with E-state index >= 15 is 0 Å². The molecule has 1 aliphatic heterocycles. The summed E-state index contributed by atoms with van der Waals surface area (Å²) in [5, 5.41) is 4.45. The molecule has 0 spiro atoms. The molecule has 168 valence electrons. The van der Waals surface area contributed by atoms with Crippen LogP contribution < -0.4 is 10.7 Å². The van der Waals surface area contributed by atoms with E-state index in [-0.39, 0.29) is 23.7 Å². The van der Waals surface area contributed by atoms with Crippen molar-refractivity contribution in [2.45, 2.75) is 17.2 Å². The minimum absolute atomic E-state index is 0.0741. The standard InChI is InChI=1S/C21H17Cl4N3O4/c1-10-6-11(8-12(22)7-10)16-17(21(16,24)25)19(30)26-13-2-3-15(23)14(9-13)18(29)27-28-4-5-32-20(28)31/h2-3,6-9,16-17H,4-5H2,1H3,(H,26,30)(H,27,29). The molecule has 2 N–H and O–H groups in total. The SMILES string of the molecule is Cc1cc(Cl)cc(C2C(C(=O)Nc3ccc(Cl)c(C(=O)NN4CCOC4=O)c3)C2(Cl)Cl)c1. The van der Waals surface area contributed by atoms with Crippen molar-refractivity contribution < 1.29 is 19.1 Å². The maximum atomic E-state index is 12.9. The number of aryl methyl sites for hydroxylation is 1. The molecule has 2 unspecified atom stereocenters. The number of hydrogen-bond donors (Lipinski definition) is 2. The molecule has 0 bridgehead atoms. The fraction of sp³-hybridized carbons (Fsp3) is 0.286. The van der Waals surface area contributed by atoms with Gasteiger partial charge in [0.1, 0.15) is 10.9 Å². The van der Waals surface area contributed by atoms with Crippen LogP contribution in [0.1, 0.15) is 27.4 Å². The van der Waals surface area contributed by atoms with Gasteiger partial charge in [-0.15, -0.1) is 23.2 Å². The van der Waals surface area contributed by atoms with Gasteiger partial charge >= 0.3 is 6.09 Å². The van der Waals surface area contributed by atoms with Crippen LogP contribution in [0.4, 0.5) is 10.5 Å². The molecule has 2 aromatic rings. The number of carbonyl (C=O) groups excluding carboxylic acids is 3. The second-order valence-corrected chi connectivity index (χ2v) is 9.87. The molecule has 2 fully saturated rings. The average Bonchev–Trinajstić information content (AvgIpc) is 3.07. The van der Waals surface area contributed by atoms with Crippen LogP contribution in [0.5, 0.6) is 0 Å². The number of alkyl halides is 2. The number of cyclic esters (lactones) is 1. The van der Waals surface area contributed by atoms with Crippen LogP contribution in [0.3, 0.4) is 0 Å². The largest absolute Gasteiger partial charge is 0.446 e. The van der Waals surface area contributed by atoms with Gasteiger partial charge in [-0.2, -0.15) is 0 Å². The highest BCUT2D eigenvalue weighted by Gasteiger charge is 2.67. The van der Waals surface area contributed by atoms with Gasteiger partial charge in [0, 0.05) is 16.6 Å². The predicted octanol–water partition coefficient (Wildman–Crippen LogP) is 4.92. The number of amides is 3. The molecule has 1 aliphatic carbocycles. The number of hydrogen-bond acceptors (Lipinski definition) is 4. The lowest BCUT2D eigenvalue weighted by Gasteiger charge is -2.15. The highest BCUT2D eigenvalue weighted by atomic mass is 35.5. The quantitative estimate of drug-likeness (QED) is 0.552. The molecule has 2 atom stereocenters. The van der Waals surface area contributed by atoms with Gasteiger partial charge in [0.05, 0.1) is 23.0 Å². The van der Waals surface area contributed by atoms with Gasteiger partial charge in [0.25, 0.3) is 5.91 Å². The fourth-order valence-electron chi connectivity index (χ4n) is 3.69. The molecule has 4 rings (SSSR count). The Labute approximate surface area is 203 Å². The first-order valence-corrected chi connectivity index (χ1v) is 11.1. The molecule has 1 saturated heterocycles. The van der Waals surface area contributed by atoms with Gasteiger partial charge in [-0.25, -0.2) is 9.80 Å². The lowest BCUT2D eigenvalue weighted by molar-refractivity contribution is -0.117. The number of benzene rings is 2. The van der Waals surface area contributed by atoms with Crippen LogP contribution in [0.25, 0.3) is 0 Å². The molecular weight excluding hydrogens is 500 g/mol. The first-order chi connectivity index (χ1) is 15.1. The number of hydrazine groups is 1. The smallest absolute Gasteiger partial charge is 0.428 e. The lowest BCUT2D eigenvalue weighted by Crippen LogP contribution is -2.42. The first-order valence-electron chi connectivity index (χ1n) is 9.58. The molecule has 0 aromatic heterocycles. The van der Waals surface area contributed by atoms with Crippen LogP contribution in [-0.4, -0.2) is 40.4 Å². The predicted molar refractivity (Wildman–Crippen MR) is 122 cm³/mol. The maximum absolute atomic E-state index is 12.9. The van der Waals surface area contributed by atoms with E-state index in [2.05, 4.69) is 10.7 Å². The molecule has 7 nitrogen and oxygen atoms in total. The Hall–Kier alpha value is -2.19. The molecular formula is C21H17Cl4N3O4. The normalized spacial score (nSPS) is 21.2. The van der Waals surface area contributed by atoms with Crippen molar-refractivity contribution in [2.24, 2.45) is 5.92 Å². The summed E-state index contributed by atoms with van der Waals surface area (Å²) in [4.78, 5) is 37.0. The summed E-state index contributed by atoms with van der Waals surface area (Å²) >= 11 is 25.1. The number of rotatable bonds is 5. The zero-order valence-electron chi connectivity index (χ0n) is 16.6. The van der Waals surface area contributed by atoms with Crippen LogP contribution in [0.15, 0.2) is 36.4 Å². The van der Waals surface area contributed by atoms with Crippen molar-refractivity contribution >= 4 is 70.0 Å². The van der Waals surface area contributed by atoms with Gasteiger partial charge < -0.3 is 10.1 Å². The third-order valence-electron chi connectivity index (χ3n) is 5.24. The number of halogens is 4. The van der Waals surface area contributed by atoms with Crippen LogP contribution in [-0.2, 0) is 9.53 Å². The van der Waals surface area contributed by atoms with Crippen molar-refractivity contribution in [3.05, 3.63) is 63.1 Å². The Balaban J connectivity index is 1.49. The highest BCUT2D eigenvalue weighted by molar-refractivity contribution is 6.53. The number of anilines is 1. The second kappa shape index (κ2) is 8.63. The van der Waals surface area contributed by atoms with Gasteiger partial charge in [-0.1, -0.05) is 29.3 Å². The van der Waals surface area contributed by atoms with E-state index in [1.165, 1.54) is 12.1 Å². The van der Waals surface area contributed by atoms with Crippen LogP contribution in [0.2, 0.25) is 10.0 Å².